The van der Waals surface area contributed by atoms with E-state index in [4.69, 9.17) is 28.8 Å². The number of hydrogen-bond acceptors (Lipinski definition) is 17. The molecule has 2 aromatic rings. The van der Waals surface area contributed by atoms with Gasteiger partial charge in [-0.3, -0.25) is 33.6 Å². The molecular weight excluding hydrogens is 955 g/mol. The van der Waals surface area contributed by atoms with E-state index in [1.807, 2.05) is 0 Å². The Kier molecular flexibility index (Phi) is 27.2. The van der Waals surface area contributed by atoms with Gasteiger partial charge in [-0.15, -0.1) is 0 Å². The van der Waals surface area contributed by atoms with E-state index in [2.05, 4.69) is 52.7 Å². The number of quaternary nitrogens is 1. The van der Waals surface area contributed by atoms with Crippen LogP contribution in [-0.2, 0) is 49.6 Å². The number of aromatic nitrogens is 1. The summed E-state index contributed by atoms with van der Waals surface area (Å²) in [5.74, 6) is -3.57. The Morgan fingerprint density at radius 3 is 2.24 bits per heavy atom. The number of pyridine rings is 1. The van der Waals surface area contributed by atoms with Crippen LogP contribution in [-0.4, -0.2) is 159 Å². The van der Waals surface area contributed by atoms with E-state index in [0.29, 0.717) is 23.4 Å². The van der Waals surface area contributed by atoms with Crippen LogP contribution in [0.15, 0.2) is 37.0 Å². The van der Waals surface area contributed by atoms with E-state index in [-0.39, 0.29) is 76.4 Å². The minimum absolute atomic E-state index is 0.0196. The number of primary amides is 1. The summed E-state index contributed by atoms with van der Waals surface area (Å²) in [7, 11) is 9.23. The Hall–Kier alpha value is -5.66. The van der Waals surface area contributed by atoms with Gasteiger partial charge in [0.15, 0.2) is 18.1 Å². The largest absolute Gasteiger partial charge is 0.519 e. The van der Waals surface area contributed by atoms with Gasteiger partial charge in [-0.25, -0.2) is 14.6 Å². The van der Waals surface area contributed by atoms with Crippen molar-refractivity contribution in [2.75, 3.05) is 79.4 Å². The third-order valence-corrected chi connectivity index (χ3v) is 11.9. The van der Waals surface area contributed by atoms with Gasteiger partial charge in [-0.2, -0.15) is 0 Å². The molecule has 2 atom stereocenters. The first-order valence-electron chi connectivity index (χ1n) is 23.0. The minimum atomic E-state index is -1.19. The first-order valence-corrected chi connectivity index (χ1v) is 25.3. The number of ether oxygens (including phenoxy) is 3. The van der Waals surface area contributed by atoms with Gasteiger partial charge in [0.2, 0.25) is 29.5 Å². The Morgan fingerprint density at radius 2 is 1.61 bits per heavy atom. The standard InChI is InChI=1S/C45H71N9O14S2/c1-30-35(67-44(63)66-30)28-65-43(62)53(22-19-49-42(61)34(51-31(2)55)26-39(58)68-45(3,4)5)21-11-9-13-25-69-70-38-16-15-32(27-50-38)41(60)48-18-17-36(56)47-20-24-64-29-37(57)52-33(40(46)59)14-10-12-23-54(6,7)8/h15-16,27,33-34H,9-14,17-26,28-29H2,1-8H3,(H6-,46,47,48,49,51,52,55,56,57,59,60,61)/p+1/t33-,34-/m0/s1. The van der Waals surface area contributed by atoms with E-state index in [0.717, 1.165) is 42.5 Å². The van der Waals surface area contributed by atoms with Crippen molar-refractivity contribution in [1.29, 1.82) is 0 Å². The number of esters is 1. The van der Waals surface area contributed by atoms with Crippen LogP contribution in [0.25, 0.3) is 0 Å². The quantitative estimate of drug-likeness (QED) is 0.0258. The zero-order valence-corrected chi connectivity index (χ0v) is 43.2. The highest BCUT2D eigenvalue weighted by molar-refractivity contribution is 8.76. The number of nitrogens with two attached hydrogens (primary N) is 1. The molecule has 2 heterocycles. The van der Waals surface area contributed by atoms with Crippen LogP contribution in [0.4, 0.5) is 4.79 Å². The summed E-state index contributed by atoms with van der Waals surface area (Å²) < 4.78 is 26.5. The van der Waals surface area contributed by atoms with Crippen LogP contribution in [0, 0.1) is 6.92 Å². The number of nitrogens with one attached hydrogen (secondary N) is 5. The fraction of sp³-hybridized carbons (Fsp3) is 0.644. The van der Waals surface area contributed by atoms with Crippen molar-refractivity contribution in [2.45, 2.75) is 115 Å². The summed E-state index contributed by atoms with van der Waals surface area (Å²) in [6.45, 7) is 8.60. The molecule has 0 aliphatic heterocycles. The molecule has 0 aromatic carbocycles. The van der Waals surface area contributed by atoms with E-state index in [1.54, 1.807) is 43.7 Å². The fourth-order valence-corrected chi connectivity index (χ4v) is 8.14. The lowest BCUT2D eigenvalue weighted by Crippen LogP contribution is -2.49. The van der Waals surface area contributed by atoms with Gasteiger partial charge in [-0.05, 0) is 82.7 Å². The maximum absolute atomic E-state index is 13.1. The summed E-state index contributed by atoms with van der Waals surface area (Å²) in [5, 5.41) is 13.7. The maximum atomic E-state index is 13.1. The molecule has 0 aliphatic rings. The molecule has 70 heavy (non-hydrogen) atoms. The fourth-order valence-electron chi connectivity index (χ4n) is 6.13. The second-order valence-electron chi connectivity index (χ2n) is 18.1. The molecule has 25 heteroatoms. The minimum Gasteiger partial charge on any atom is -0.460 e. The molecule has 0 aliphatic carbocycles. The summed E-state index contributed by atoms with van der Waals surface area (Å²) in [6, 6.07) is 1.38. The molecular formula is C45H72N9O14S2+. The topological polar surface area (TPSA) is 310 Å². The summed E-state index contributed by atoms with van der Waals surface area (Å²) >= 11 is 0. The lowest BCUT2D eigenvalue weighted by atomic mass is 10.1. The molecule has 0 radical (unpaired) electrons. The van der Waals surface area contributed by atoms with Crippen LogP contribution in [0.5, 0.6) is 0 Å². The normalized spacial score (nSPS) is 12.2. The molecule has 0 spiro atoms. The number of carbonyl (C=O) groups excluding carboxylic acids is 8. The maximum Gasteiger partial charge on any atom is 0.519 e. The molecule has 7 N–H and O–H groups in total. The predicted molar refractivity (Wildman–Crippen MR) is 260 cm³/mol. The second-order valence-corrected chi connectivity index (χ2v) is 20.5. The molecule has 23 nitrogen and oxygen atoms in total. The van der Waals surface area contributed by atoms with Crippen molar-refractivity contribution in [3.05, 3.63) is 46.0 Å². The van der Waals surface area contributed by atoms with E-state index in [1.165, 1.54) is 35.7 Å². The predicted octanol–water partition coefficient (Wildman–Crippen LogP) is 1.94. The monoisotopic (exact) mass is 1030 g/mol. The zero-order chi connectivity index (χ0) is 52.3. The number of carbonyl (C=O) groups is 8. The first kappa shape index (κ1) is 60.5. The molecule has 0 fully saturated rings. The third kappa shape index (κ3) is 27.5. The zero-order valence-electron chi connectivity index (χ0n) is 41.6. The molecule has 392 valence electrons. The van der Waals surface area contributed by atoms with E-state index < -0.39 is 71.5 Å². The Morgan fingerprint density at radius 1 is 0.871 bits per heavy atom. The van der Waals surface area contributed by atoms with Gasteiger partial charge in [0.25, 0.3) is 5.91 Å². The molecule has 0 saturated carbocycles. The molecule has 7 amide bonds. The molecule has 2 aromatic heterocycles. The second kappa shape index (κ2) is 31.5. The summed E-state index contributed by atoms with van der Waals surface area (Å²) in [5.41, 5.74) is 4.98. The van der Waals surface area contributed by atoms with Crippen LogP contribution < -0.4 is 38.1 Å². The molecule has 0 bridgehead atoms. The third-order valence-electron chi connectivity index (χ3n) is 9.57. The van der Waals surface area contributed by atoms with E-state index in [9.17, 15) is 43.2 Å². The number of hydrogen-bond donors (Lipinski definition) is 6. The van der Waals surface area contributed by atoms with Crippen molar-refractivity contribution < 1.29 is 65.9 Å². The number of unbranched alkanes of at least 4 members (excludes halogenated alkanes) is 3. The Labute approximate surface area is 416 Å². The van der Waals surface area contributed by atoms with Gasteiger partial charge in [0.05, 0.1) is 46.3 Å². The smallest absolute Gasteiger partial charge is 0.460 e. The lowest BCUT2D eigenvalue weighted by molar-refractivity contribution is -0.870. The SMILES string of the molecule is CC(=O)N[C@@H](CC(=O)OC(C)(C)C)C(=O)NCCN(CCCCCSSc1ccc(C(=O)NCCC(=O)NCCOCC(=O)N[C@@H](CCCC[N+](C)(C)C)C(N)=O)cn1)C(=O)OCc1oc(=O)oc1C. The molecule has 2 rings (SSSR count). The van der Waals surface area contributed by atoms with Crippen LogP contribution in [0.3, 0.4) is 0 Å². The first-order chi connectivity index (χ1) is 32.9. The van der Waals surface area contributed by atoms with Crippen molar-refractivity contribution in [3.63, 3.8) is 0 Å². The van der Waals surface area contributed by atoms with Gasteiger partial charge in [-0.1, -0.05) is 17.2 Å². The van der Waals surface area contributed by atoms with E-state index >= 15 is 0 Å². The van der Waals surface area contributed by atoms with Gasteiger partial charge < -0.3 is 64.7 Å². The average Bonchev–Trinajstić information content (AvgIpc) is 3.59. The molecule has 0 unspecified atom stereocenters. The average molecular weight is 1030 g/mol. The number of rotatable bonds is 33. The Balaban J connectivity index is 1.71. The highest BCUT2D eigenvalue weighted by atomic mass is 33.1. The van der Waals surface area contributed by atoms with Crippen LogP contribution >= 0.6 is 21.6 Å². The highest BCUT2D eigenvalue weighted by Gasteiger charge is 2.27. The highest BCUT2D eigenvalue weighted by Crippen LogP contribution is 2.30. The lowest BCUT2D eigenvalue weighted by Gasteiger charge is -2.24. The summed E-state index contributed by atoms with van der Waals surface area (Å²) in [4.78, 5) is 116. The Bertz CT molecular complexity index is 2070. The van der Waals surface area contributed by atoms with Gasteiger partial charge >= 0.3 is 17.9 Å². The van der Waals surface area contributed by atoms with Crippen molar-refractivity contribution >= 4 is 69.1 Å². The number of aryl methyl sites for hydroxylation is 1. The molecule has 0 saturated heterocycles. The van der Waals surface area contributed by atoms with Crippen LogP contribution in [0.2, 0.25) is 0 Å². The number of amides is 7. The van der Waals surface area contributed by atoms with Crippen molar-refractivity contribution in [2.24, 2.45) is 5.73 Å². The summed E-state index contributed by atoms with van der Waals surface area (Å²) in [6.07, 6.45) is 4.51. The van der Waals surface area contributed by atoms with Gasteiger partial charge in [0, 0.05) is 58.0 Å². The number of nitrogens with zero attached hydrogens (tertiary/aromatic N) is 3. The van der Waals surface area contributed by atoms with Crippen molar-refractivity contribution in [3.8, 4) is 0 Å². The van der Waals surface area contributed by atoms with Gasteiger partial charge in [0.1, 0.15) is 29.3 Å². The van der Waals surface area contributed by atoms with Crippen LogP contribution in [0.1, 0.15) is 101 Å². The van der Waals surface area contributed by atoms with Crippen molar-refractivity contribution in [1.82, 2.24) is 36.5 Å².